The van der Waals surface area contributed by atoms with E-state index in [4.69, 9.17) is 10.5 Å². The molecule has 0 saturated carbocycles. The Morgan fingerprint density at radius 2 is 1.74 bits per heavy atom. The highest BCUT2D eigenvalue weighted by Crippen LogP contribution is 2.13. The molecule has 19 heavy (non-hydrogen) atoms. The van der Waals surface area contributed by atoms with E-state index in [1.807, 2.05) is 0 Å². The number of rotatable bonds is 11. The van der Waals surface area contributed by atoms with Gasteiger partial charge in [-0.05, 0) is 59.7 Å². The predicted molar refractivity (Wildman–Crippen MR) is 80.1 cm³/mol. The number of carbonyl (C=O) groups is 1. The molecular weight excluding hydrogens is 240 g/mol. The summed E-state index contributed by atoms with van der Waals surface area (Å²) in [5, 5.41) is 0. The number of nitrogens with zero attached hydrogens (tertiary/aromatic N) is 1. The second kappa shape index (κ2) is 10.2. The second-order valence-corrected chi connectivity index (χ2v) is 5.61. The molecule has 0 aromatic heterocycles. The van der Waals surface area contributed by atoms with Crippen LogP contribution in [0.4, 0.5) is 0 Å². The molecule has 0 aliphatic rings. The van der Waals surface area contributed by atoms with Crippen molar-refractivity contribution in [3.05, 3.63) is 0 Å². The molecule has 114 valence electrons. The highest BCUT2D eigenvalue weighted by Gasteiger charge is 2.28. The Bertz CT molecular complexity index is 242. The third-order valence-electron chi connectivity index (χ3n) is 3.37. The van der Waals surface area contributed by atoms with Crippen molar-refractivity contribution in [1.82, 2.24) is 4.90 Å². The fourth-order valence-corrected chi connectivity index (χ4v) is 2.02. The van der Waals surface area contributed by atoms with E-state index in [0.29, 0.717) is 13.0 Å². The first kappa shape index (κ1) is 18.4. The van der Waals surface area contributed by atoms with Crippen LogP contribution in [0.1, 0.15) is 59.3 Å². The van der Waals surface area contributed by atoms with E-state index >= 15 is 0 Å². The molecule has 0 spiro atoms. The summed E-state index contributed by atoms with van der Waals surface area (Å²) in [6.07, 6.45) is 6.56. The average Bonchev–Trinajstić information content (AvgIpc) is 2.35. The molecule has 1 unspecified atom stereocenters. The maximum absolute atomic E-state index is 11.6. The van der Waals surface area contributed by atoms with E-state index in [1.54, 1.807) is 13.8 Å². The molecule has 0 aliphatic carbocycles. The minimum atomic E-state index is -0.837. The zero-order chi connectivity index (χ0) is 14.7. The summed E-state index contributed by atoms with van der Waals surface area (Å²) < 4.78 is 4.98. The Kier molecular flexibility index (Phi) is 9.88. The molecule has 4 nitrogen and oxygen atoms in total. The molecule has 4 heteroatoms. The fraction of sp³-hybridized carbons (Fsp3) is 0.933. The Morgan fingerprint density at radius 3 is 2.26 bits per heavy atom. The minimum Gasteiger partial charge on any atom is -0.465 e. The van der Waals surface area contributed by atoms with Crippen molar-refractivity contribution < 1.29 is 9.53 Å². The molecule has 0 rings (SSSR count). The smallest absolute Gasteiger partial charge is 0.325 e. The van der Waals surface area contributed by atoms with Gasteiger partial charge in [0.1, 0.15) is 5.54 Å². The van der Waals surface area contributed by atoms with Crippen molar-refractivity contribution in [2.75, 3.05) is 26.7 Å². The van der Waals surface area contributed by atoms with Crippen molar-refractivity contribution in [3.8, 4) is 0 Å². The number of nitrogens with two attached hydrogens (primary N) is 1. The van der Waals surface area contributed by atoms with Crippen molar-refractivity contribution in [2.45, 2.75) is 64.8 Å². The Labute approximate surface area is 118 Å². The molecule has 0 aromatic carbocycles. The summed E-state index contributed by atoms with van der Waals surface area (Å²) in [7, 11) is 2.16. The zero-order valence-electron chi connectivity index (χ0n) is 13.2. The van der Waals surface area contributed by atoms with Crippen LogP contribution in [-0.2, 0) is 9.53 Å². The average molecular weight is 272 g/mol. The van der Waals surface area contributed by atoms with Gasteiger partial charge in [0.25, 0.3) is 0 Å². The summed E-state index contributed by atoms with van der Waals surface area (Å²) in [5.41, 5.74) is 5.14. The van der Waals surface area contributed by atoms with Crippen LogP contribution in [0.25, 0.3) is 0 Å². The number of esters is 1. The first-order chi connectivity index (χ1) is 8.94. The van der Waals surface area contributed by atoms with Gasteiger partial charge in [-0.3, -0.25) is 4.79 Å². The predicted octanol–water partition coefficient (Wildman–Crippen LogP) is 2.56. The summed E-state index contributed by atoms with van der Waals surface area (Å²) in [4.78, 5) is 14.0. The molecule has 2 N–H and O–H groups in total. The van der Waals surface area contributed by atoms with Gasteiger partial charge in [0.2, 0.25) is 0 Å². The van der Waals surface area contributed by atoms with Crippen molar-refractivity contribution >= 4 is 5.97 Å². The fourth-order valence-electron chi connectivity index (χ4n) is 2.02. The van der Waals surface area contributed by atoms with Gasteiger partial charge in [0.05, 0.1) is 6.61 Å². The zero-order valence-corrected chi connectivity index (χ0v) is 13.2. The van der Waals surface area contributed by atoms with E-state index in [1.165, 1.54) is 19.3 Å². The summed E-state index contributed by atoms with van der Waals surface area (Å²) >= 11 is 0. The highest BCUT2D eigenvalue weighted by molar-refractivity contribution is 5.79. The summed E-state index contributed by atoms with van der Waals surface area (Å²) in [6.45, 7) is 8.41. The van der Waals surface area contributed by atoms with Gasteiger partial charge < -0.3 is 15.4 Å². The third kappa shape index (κ3) is 9.00. The summed E-state index contributed by atoms with van der Waals surface area (Å²) in [6, 6.07) is 0. The molecular formula is C15H32N2O2. The number of ether oxygens (including phenoxy) is 1. The first-order valence-corrected chi connectivity index (χ1v) is 7.58. The molecule has 0 saturated heterocycles. The van der Waals surface area contributed by atoms with Crippen LogP contribution in [-0.4, -0.2) is 43.2 Å². The molecule has 0 radical (unpaired) electrons. The Balaban J connectivity index is 3.69. The van der Waals surface area contributed by atoms with E-state index in [2.05, 4.69) is 18.9 Å². The normalized spacial score (nSPS) is 14.4. The van der Waals surface area contributed by atoms with E-state index < -0.39 is 5.54 Å². The standard InChI is InChI=1S/C15H32N2O2/c1-5-7-9-12-17(4)13-10-8-11-15(3,16)14(18)19-6-2/h5-13,16H2,1-4H3. The quantitative estimate of drug-likeness (QED) is 0.464. The SMILES string of the molecule is CCCCCN(C)CCCCC(C)(N)C(=O)OCC. The highest BCUT2D eigenvalue weighted by atomic mass is 16.5. The number of carbonyl (C=O) groups excluding carboxylic acids is 1. The maximum Gasteiger partial charge on any atom is 0.325 e. The van der Waals surface area contributed by atoms with Gasteiger partial charge in [-0.2, -0.15) is 0 Å². The largest absolute Gasteiger partial charge is 0.465 e. The molecule has 0 aromatic rings. The van der Waals surface area contributed by atoms with Gasteiger partial charge >= 0.3 is 5.97 Å². The lowest BCUT2D eigenvalue weighted by Gasteiger charge is -2.23. The topological polar surface area (TPSA) is 55.6 Å². The Hall–Kier alpha value is -0.610. The van der Waals surface area contributed by atoms with Gasteiger partial charge in [-0.25, -0.2) is 0 Å². The van der Waals surface area contributed by atoms with E-state index in [-0.39, 0.29) is 5.97 Å². The van der Waals surface area contributed by atoms with E-state index in [9.17, 15) is 4.79 Å². The molecule has 0 aliphatic heterocycles. The molecule has 0 bridgehead atoms. The third-order valence-corrected chi connectivity index (χ3v) is 3.37. The van der Waals surface area contributed by atoms with Crippen molar-refractivity contribution in [3.63, 3.8) is 0 Å². The first-order valence-electron chi connectivity index (χ1n) is 7.58. The van der Waals surface area contributed by atoms with Crippen molar-refractivity contribution in [2.24, 2.45) is 5.73 Å². The Morgan fingerprint density at radius 1 is 1.16 bits per heavy atom. The van der Waals surface area contributed by atoms with Crippen LogP contribution in [0.2, 0.25) is 0 Å². The van der Waals surface area contributed by atoms with Crippen LogP contribution in [0, 0.1) is 0 Å². The van der Waals surface area contributed by atoms with Gasteiger partial charge in [-0.1, -0.05) is 19.8 Å². The van der Waals surface area contributed by atoms with Crippen LogP contribution in [0.3, 0.4) is 0 Å². The van der Waals surface area contributed by atoms with E-state index in [0.717, 1.165) is 25.9 Å². The molecule has 0 heterocycles. The molecule has 1 atom stereocenters. The van der Waals surface area contributed by atoms with Crippen LogP contribution < -0.4 is 5.73 Å². The summed E-state index contributed by atoms with van der Waals surface area (Å²) in [5.74, 6) is -0.286. The van der Waals surface area contributed by atoms with Gasteiger partial charge in [0, 0.05) is 0 Å². The van der Waals surface area contributed by atoms with Crippen LogP contribution in [0.5, 0.6) is 0 Å². The minimum absolute atomic E-state index is 0.286. The molecule has 0 amide bonds. The van der Waals surface area contributed by atoms with Gasteiger partial charge in [-0.15, -0.1) is 0 Å². The van der Waals surface area contributed by atoms with Crippen LogP contribution in [0.15, 0.2) is 0 Å². The lowest BCUT2D eigenvalue weighted by molar-refractivity contribution is -0.149. The monoisotopic (exact) mass is 272 g/mol. The second-order valence-electron chi connectivity index (χ2n) is 5.61. The number of unbranched alkanes of at least 4 members (excludes halogenated alkanes) is 3. The van der Waals surface area contributed by atoms with Crippen molar-refractivity contribution in [1.29, 1.82) is 0 Å². The maximum atomic E-state index is 11.6. The number of hydrogen-bond donors (Lipinski definition) is 1. The lowest BCUT2D eigenvalue weighted by atomic mass is 9.96. The molecule has 0 fully saturated rings. The van der Waals surface area contributed by atoms with Gasteiger partial charge in [0.15, 0.2) is 0 Å². The van der Waals surface area contributed by atoms with Crippen LogP contribution >= 0.6 is 0 Å². The lowest BCUT2D eigenvalue weighted by Crippen LogP contribution is -2.46. The number of hydrogen-bond acceptors (Lipinski definition) is 4.